The number of nitrogens with two attached hydrogens (primary N) is 1. The Morgan fingerprint density at radius 1 is 1.18 bits per heavy atom. The number of ether oxygens (including phenoxy) is 1. The van der Waals surface area contributed by atoms with Crippen LogP contribution in [0.25, 0.3) is 0 Å². The summed E-state index contributed by atoms with van der Waals surface area (Å²) in [7, 11) is -10.5. The normalized spacial score (nSPS) is 26.3. The molecule has 0 bridgehead atoms. The standard InChI is InChI=1S/C9H15N3O11P2.3Na/c10-5-1-2-12(9(15)11-5)8-7(14)6(13)4(22-8)3-21-25(19,20)23-24(16,17)18;;;/h1-2,4,6-8,13-14H,3H2,(H,19,20)(H2,10,11,15)(H2,16,17,18);;;/t4-,6-,7-,8?;;;/m0.../s1. The molecule has 2 rings (SSSR count). The summed E-state index contributed by atoms with van der Waals surface area (Å²) < 4.78 is 35.8. The molecule has 0 saturated carbocycles. The number of aromatic nitrogens is 2. The Labute approximate surface area is 224 Å². The van der Waals surface area contributed by atoms with E-state index in [1.807, 2.05) is 0 Å². The predicted molar refractivity (Wildman–Crippen MR) is 95.0 cm³/mol. The zero-order valence-corrected chi connectivity index (χ0v) is 23.0. The number of hydrogen-bond donors (Lipinski definition) is 6. The topological polar surface area (TPSA) is 224 Å². The molecule has 1 aliphatic heterocycles. The minimum atomic E-state index is -5.30. The van der Waals surface area contributed by atoms with Crippen molar-refractivity contribution >= 4 is 110 Å². The number of phosphoric ester groups is 1. The number of aliphatic hydroxyl groups is 2. The molecule has 145 valence electrons. The number of aliphatic hydroxyl groups excluding tert-OH is 2. The minimum absolute atomic E-state index is 0. The SMILES string of the molecule is Nc1ccn(C2O[C@@H](COP(=O)(O)OP(=O)(O)O)[C@H](O)[C@@H]2O)c(=O)n1.[Na].[Na].[Na]. The summed E-state index contributed by atoms with van der Waals surface area (Å²) in [4.78, 5) is 41.3. The zero-order valence-electron chi connectivity index (χ0n) is 15.2. The number of hydrogen-bond acceptors (Lipinski definition) is 10. The molecule has 1 fully saturated rings. The van der Waals surface area contributed by atoms with Crippen molar-refractivity contribution in [2.24, 2.45) is 0 Å². The van der Waals surface area contributed by atoms with Gasteiger partial charge in [-0.2, -0.15) is 9.29 Å². The van der Waals surface area contributed by atoms with Crippen molar-refractivity contribution in [3.8, 4) is 0 Å². The first-order valence-electron chi connectivity index (χ1n) is 6.50. The third-order valence-electron chi connectivity index (χ3n) is 3.07. The molecule has 0 aliphatic carbocycles. The van der Waals surface area contributed by atoms with Crippen LogP contribution in [0.4, 0.5) is 5.82 Å². The van der Waals surface area contributed by atoms with Gasteiger partial charge in [-0.15, -0.1) is 0 Å². The smallest absolute Gasteiger partial charge is 0.387 e. The Kier molecular flexibility index (Phi) is 14.6. The summed E-state index contributed by atoms with van der Waals surface area (Å²) in [6.45, 7) is -0.875. The Bertz CT molecular complexity index is 792. The average molecular weight is 472 g/mol. The summed E-state index contributed by atoms with van der Waals surface area (Å²) in [5.41, 5.74) is 4.45. The van der Waals surface area contributed by atoms with Crippen LogP contribution < -0.4 is 11.4 Å². The zero-order chi connectivity index (χ0) is 19.0. The fourth-order valence-electron chi connectivity index (χ4n) is 2.04. The first kappa shape index (κ1) is 32.0. The van der Waals surface area contributed by atoms with E-state index >= 15 is 0 Å². The van der Waals surface area contributed by atoms with Crippen LogP contribution in [0.2, 0.25) is 0 Å². The largest absolute Gasteiger partial charge is 0.481 e. The predicted octanol–water partition coefficient (Wildman–Crippen LogP) is -3.47. The number of nitrogens with zero attached hydrogens (tertiary/aromatic N) is 2. The van der Waals surface area contributed by atoms with Crippen molar-refractivity contribution in [2.75, 3.05) is 12.3 Å². The van der Waals surface area contributed by atoms with Crippen LogP contribution in [0.5, 0.6) is 0 Å². The van der Waals surface area contributed by atoms with Gasteiger partial charge in [0.1, 0.15) is 24.1 Å². The molecule has 3 radical (unpaired) electrons. The Hall–Kier alpha value is 1.82. The van der Waals surface area contributed by atoms with Crippen LogP contribution in [0.15, 0.2) is 17.1 Å². The molecule has 7 N–H and O–H groups in total. The van der Waals surface area contributed by atoms with E-state index in [0.29, 0.717) is 0 Å². The maximum Gasteiger partial charge on any atom is 0.481 e. The van der Waals surface area contributed by atoms with Gasteiger partial charge in [-0.3, -0.25) is 9.09 Å². The van der Waals surface area contributed by atoms with Crippen molar-refractivity contribution in [2.45, 2.75) is 24.5 Å². The monoisotopic (exact) mass is 472 g/mol. The summed E-state index contributed by atoms with van der Waals surface area (Å²) >= 11 is 0. The summed E-state index contributed by atoms with van der Waals surface area (Å²) in [5, 5.41) is 19.8. The van der Waals surface area contributed by atoms with Gasteiger partial charge >= 0.3 is 21.3 Å². The van der Waals surface area contributed by atoms with Crippen LogP contribution in [-0.2, 0) is 22.7 Å². The molecule has 5 atom stereocenters. The molecule has 2 unspecified atom stereocenters. The van der Waals surface area contributed by atoms with E-state index in [2.05, 4.69) is 13.8 Å². The molecular weight excluding hydrogens is 457 g/mol. The molecule has 1 aliphatic rings. The average Bonchev–Trinajstić information content (AvgIpc) is 2.71. The molecule has 2 heterocycles. The van der Waals surface area contributed by atoms with Gasteiger partial charge in [0, 0.05) is 94.9 Å². The van der Waals surface area contributed by atoms with E-state index in [9.17, 15) is 24.1 Å². The van der Waals surface area contributed by atoms with Gasteiger partial charge in [0.15, 0.2) is 6.23 Å². The maximum absolute atomic E-state index is 11.7. The van der Waals surface area contributed by atoms with Gasteiger partial charge in [-0.05, 0) is 6.07 Å². The Balaban J connectivity index is 0. The molecule has 1 aromatic heterocycles. The first-order valence-corrected chi connectivity index (χ1v) is 9.53. The third kappa shape index (κ3) is 9.13. The van der Waals surface area contributed by atoms with Gasteiger partial charge in [0.05, 0.1) is 6.61 Å². The molecular formula is C9H15N3Na3O11P2. The summed E-state index contributed by atoms with van der Waals surface area (Å²) in [6.07, 6.45) is -4.93. The van der Waals surface area contributed by atoms with Crippen molar-refractivity contribution in [1.29, 1.82) is 0 Å². The minimum Gasteiger partial charge on any atom is -0.387 e. The number of phosphoric acid groups is 2. The second-order valence-corrected chi connectivity index (χ2v) is 7.75. The van der Waals surface area contributed by atoms with E-state index in [1.165, 1.54) is 6.07 Å². The van der Waals surface area contributed by atoms with Crippen LogP contribution >= 0.6 is 15.6 Å². The van der Waals surface area contributed by atoms with E-state index in [1.54, 1.807) is 0 Å². The number of nitrogen functional groups attached to an aromatic ring is 1. The molecule has 0 amide bonds. The van der Waals surface area contributed by atoms with Gasteiger partial charge in [0.2, 0.25) is 0 Å². The summed E-state index contributed by atoms with van der Waals surface area (Å²) in [6, 6.07) is 1.24. The molecule has 14 nitrogen and oxygen atoms in total. The fraction of sp³-hybridized carbons (Fsp3) is 0.556. The van der Waals surface area contributed by atoms with Gasteiger partial charge < -0.3 is 35.4 Å². The maximum atomic E-state index is 11.7. The van der Waals surface area contributed by atoms with Crippen molar-refractivity contribution in [3.05, 3.63) is 22.7 Å². The first-order chi connectivity index (χ1) is 11.4. The number of rotatable bonds is 6. The molecule has 1 aromatic rings. The molecule has 19 heteroatoms. The molecule has 0 spiro atoms. The molecule has 28 heavy (non-hydrogen) atoms. The van der Waals surface area contributed by atoms with Crippen LogP contribution in [-0.4, -0.2) is 148 Å². The molecule has 0 aromatic carbocycles. The fourth-order valence-corrected chi connectivity index (χ4v) is 3.64. The Morgan fingerprint density at radius 2 is 1.75 bits per heavy atom. The summed E-state index contributed by atoms with van der Waals surface area (Å²) in [5.74, 6) is -0.0787. The van der Waals surface area contributed by atoms with E-state index in [-0.39, 0.29) is 94.5 Å². The van der Waals surface area contributed by atoms with Crippen molar-refractivity contribution in [1.82, 2.24) is 9.55 Å². The van der Waals surface area contributed by atoms with E-state index in [4.69, 9.17) is 25.2 Å². The van der Waals surface area contributed by atoms with E-state index < -0.39 is 52.5 Å². The van der Waals surface area contributed by atoms with Crippen molar-refractivity contribution < 1.29 is 47.6 Å². The third-order valence-corrected chi connectivity index (χ3v) is 5.23. The second kappa shape index (κ2) is 12.8. The van der Waals surface area contributed by atoms with Gasteiger partial charge in [-0.1, -0.05) is 0 Å². The van der Waals surface area contributed by atoms with Crippen LogP contribution in [0.3, 0.4) is 0 Å². The van der Waals surface area contributed by atoms with Crippen LogP contribution in [0.1, 0.15) is 6.23 Å². The van der Waals surface area contributed by atoms with E-state index in [0.717, 1.165) is 10.8 Å². The van der Waals surface area contributed by atoms with Crippen LogP contribution in [0, 0.1) is 0 Å². The second-order valence-electron chi connectivity index (χ2n) is 4.93. The molecule has 1 saturated heterocycles. The quantitative estimate of drug-likeness (QED) is 0.175. The van der Waals surface area contributed by atoms with Gasteiger partial charge in [-0.25, -0.2) is 13.9 Å². The van der Waals surface area contributed by atoms with Crippen molar-refractivity contribution in [3.63, 3.8) is 0 Å². The van der Waals surface area contributed by atoms with Gasteiger partial charge in [0.25, 0.3) is 0 Å². The number of anilines is 1. The Morgan fingerprint density at radius 3 is 2.25 bits per heavy atom.